The monoisotopic (exact) mass is 472 g/mol. The molecular weight excluding hydrogens is 450 g/mol. The summed E-state index contributed by atoms with van der Waals surface area (Å²) in [4.78, 5) is 23.8. The number of halogens is 2. The highest BCUT2D eigenvalue weighted by Crippen LogP contribution is 2.17. The van der Waals surface area contributed by atoms with E-state index in [1.807, 2.05) is 0 Å². The number of rotatable bonds is 8. The molecule has 0 bridgehead atoms. The fourth-order valence-corrected chi connectivity index (χ4v) is 4.07. The molecule has 1 unspecified atom stereocenters. The lowest BCUT2D eigenvalue weighted by Crippen LogP contribution is -2.27. The molecule has 0 saturated carbocycles. The van der Waals surface area contributed by atoms with Gasteiger partial charge in [0, 0.05) is 17.7 Å². The van der Waals surface area contributed by atoms with Crippen LogP contribution >= 0.6 is 0 Å². The van der Waals surface area contributed by atoms with Crippen molar-refractivity contribution in [3.05, 3.63) is 101 Å². The Bertz CT molecular complexity index is 1270. The van der Waals surface area contributed by atoms with Crippen LogP contribution in [0.4, 0.5) is 8.78 Å². The predicted octanol–water partition coefficient (Wildman–Crippen LogP) is 4.14. The quantitative estimate of drug-likeness (QED) is 0.482. The van der Waals surface area contributed by atoms with E-state index in [-0.39, 0.29) is 17.2 Å². The molecule has 0 aromatic heterocycles. The Morgan fingerprint density at radius 2 is 1.48 bits per heavy atom. The highest BCUT2D eigenvalue weighted by molar-refractivity contribution is 7.89. The number of ketones is 1. The van der Waals surface area contributed by atoms with Crippen molar-refractivity contribution in [1.82, 2.24) is 10.0 Å². The SMILES string of the molecule is CC(=O)c1ccc(S(=O)(=O)NCc2ccc(C(=O)NC(C)c3ccc(F)c(F)c3)cc2)cc1. The standard InChI is InChI=1S/C24H22F2N2O4S/c1-15(20-9-12-22(25)23(26)13-20)28-24(30)19-5-3-17(4-6-19)14-27-33(31,32)21-10-7-18(8-11-21)16(2)29/h3-13,15,27H,14H2,1-2H3,(H,28,30). The molecule has 172 valence electrons. The highest BCUT2D eigenvalue weighted by atomic mass is 32.2. The minimum atomic E-state index is -3.78. The summed E-state index contributed by atoms with van der Waals surface area (Å²) in [5.41, 5.74) is 1.80. The molecule has 0 heterocycles. The molecule has 9 heteroatoms. The van der Waals surface area contributed by atoms with E-state index in [2.05, 4.69) is 10.0 Å². The molecule has 0 radical (unpaired) electrons. The summed E-state index contributed by atoms with van der Waals surface area (Å²) in [5.74, 6) is -2.52. The third-order valence-electron chi connectivity index (χ3n) is 5.04. The average molecular weight is 473 g/mol. The lowest BCUT2D eigenvalue weighted by atomic mass is 10.1. The second-order valence-corrected chi connectivity index (χ2v) is 9.24. The summed E-state index contributed by atoms with van der Waals surface area (Å²) in [6.07, 6.45) is 0. The maximum absolute atomic E-state index is 13.4. The number of nitrogens with one attached hydrogen (secondary N) is 2. The van der Waals surface area contributed by atoms with Crippen molar-refractivity contribution in [2.24, 2.45) is 0 Å². The van der Waals surface area contributed by atoms with Crippen molar-refractivity contribution in [2.45, 2.75) is 31.3 Å². The van der Waals surface area contributed by atoms with E-state index < -0.39 is 33.6 Å². The number of hydrogen-bond acceptors (Lipinski definition) is 4. The van der Waals surface area contributed by atoms with Crippen LogP contribution in [-0.4, -0.2) is 20.1 Å². The van der Waals surface area contributed by atoms with E-state index in [1.54, 1.807) is 31.2 Å². The number of sulfonamides is 1. The zero-order valence-corrected chi connectivity index (χ0v) is 18.7. The summed E-state index contributed by atoms with van der Waals surface area (Å²) in [6.45, 7) is 3.05. The zero-order chi connectivity index (χ0) is 24.2. The summed E-state index contributed by atoms with van der Waals surface area (Å²) in [5, 5.41) is 2.71. The number of benzene rings is 3. The first kappa shape index (κ1) is 24.2. The van der Waals surface area contributed by atoms with E-state index in [9.17, 15) is 26.8 Å². The first-order chi connectivity index (χ1) is 15.6. The fourth-order valence-electron chi connectivity index (χ4n) is 3.05. The second kappa shape index (κ2) is 10.0. The largest absolute Gasteiger partial charge is 0.346 e. The minimum Gasteiger partial charge on any atom is -0.346 e. The maximum atomic E-state index is 13.4. The van der Waals surface area contributed by atoms with Crippen molar-refractivity contribution in [3.63, 3.8) is 0 Å². The van der Waals surface area contributed by atoms with Crippen molar-refractivity contribution in [2.75, 3.05) is 0 Å². The molecule has 0 fully saturated rings. The van der Waals surface area contributed by atoms with Gasteiger partial charge in [-0.15, -0.1) is 0 Å². The van der Waals surface area contributed by atoms with Crippen LogP contribution < -0.4 is 10.0 Å². The lowest BCUT2D eigenvalue weighted by Gasteiger charge is -2.15. The molecule has 3 rings (SSSR count). The Morgan fingerprint density at radius 1 is 0.879 bits per heavy atom. The van der Waals surface area contributed by atoms with Gasteiger partial charge in [0.25, 0.3) is 5.91 Å². The fraction of sp³-hybridized carbons (Fsp3) is 0.167. The molecule has 0 aliphatic heterocycles. The Morgan fingerprint density at radius 3 is 2.06 bits per heavy atom. The first-order valence-corrected chi connectivity index (χ1v) is 11.5. The molecule has 1 atom stereocenters. The van der Waals surface area contributed by atoms with Crippen molar-refractivity contribution < 1.29 is 26.8 Å². The highest BCUT2D eigenvalue weighted by Gasteiger charge is 2.16. The van der Waals surface area contributed by atoms with Gasteiger partial charge in [0.1, 0.15) is 0 Å². The molecule has 6 nitrogen and oxygen atoms in total. The average Bonchev–Trinajstić information content (AvgIpc) is 2.79. The van der Waals surface area contributed by atoms with Gasteiger partial charge in [0.05, 0.1) is 10.9 Å². The smallest absolute Gasteiger partial charge is 0.251 e. The Hall–Kier alpha value is -3.43. The molecule has 3 aromatic rings. The van der Waals surface area contributed by atoms with E-state index in [1.165, 1.54) is 37.3 Å². The summed E-state index contributed by atoms with van der Waals surface area (Å²) in [6, 6.07) is 14.8. The summed E-state index contributed by atoms with van der Waals surface area (Å²) < 4.78 is 53.9. The predicted molar refractivity (Wildman–Crippen MR) is 119 cm³/mol. The number of hydrogen-bond donors (Lipinski definition) is 2. The summed E-state index contributed by atoms with van der Waals surface area (Å²) >= 11 is 0. The Balaban J connectivity index is 1.60. The van der Waals surface area contributed by atoms with Gasteiger partial charge in [-0.05, 0) is 61.4 Å². The van der Waals surface area contributed by atoms with Crippen LogP contribution in [0.1, 0.15) is 51.7 Å². The molecule has 0 aliphatic rings. The molecule has 3 aromatic carbocycles. The van der Waals surface area contributed by atoms with Crippen LogP contribution in [0.25, 0.3) is 0 Å². The zero-order valence-electron chi connectivity index (χ0n) is 17.9. The van der Waals surface area contributed by atoms with Gasteiger partial charge < -0.3 is 5.32 Å². The topological polar surface area (TPSA) is 92.3 Å². The van der Waals surface area contributed by atoms with Crippen LogP contribution in [0.15, 0.2) is 71.6 Å². The number of amides is 1. The molecule has 0 aliphatic carbocycles. The summed E-state index contributed by atoms with van der Waals surface area (Å²) in [7, 11) is -3.78. The molecular formula is C24H22F2N2O4S. The molecule has 2 N–H and O–H groups in total. The molecule has 0 spiro atoms. The van der Waals surface area contributed by atoms with Crippen LogP contribution in [0.3, 0.4) is 0 Å². The molecule has 1 amide bonds. The van der Waals surface area contributed by atoms with E-state index in [0.717, 1.165) is 12.1 Å². The van der Waals surface area contributed by atoms with Gasteiger partial charge in [-0.25, -0.2) is 21.9 Å². The van der Waals surface area contributed by atoms with Gasteiger partial charge in [-0.1, -0.05) is 30.3 Å². The van der Waals surface area contributed by atoms with Gasteiger partial charge >= 0.3 is 0 Å². The molecule has 33 heavy (non-hydrogen) atoms. The van der Waals surface area contributed by atoms with E-state index in [0.29, 0.717) is 22.3 Å². The van der Waals surface area contributed by atoms with Gasteiger partial charge in [-0.3, -0.25) is 9.59 Å². The number of Topliss-reactive ketones (excluding diaryl/α,β-unsaturated/α-hetero) is 1. The van der Waals surface area contributed by atoms with Crippen molar-refractivity contribution >= 4 is 21.7 Å². The third kappa shape index (κ3) is 6.09. The van der Waals surface area contributed by atoms with Crippen LogP contribution in [0.2, 0.25) is 0 Å². The minimum absolute atomic E-state index is 0.00392. The second-order valence-electron chi connectivity index (χ2n) is 7.47. The van der Waals surface area contributed by atoms with Crippen LogP contribution in [0, 0.1) is 11.6 Å². The van der Waals surface area contributed by atoms with Crippen molar-refractivity contribution in [1.29, 1.82) is 0 Å². The normalized spacial score (nSPS) is 12.2. The first-order valence-electron chi connectivity index (χ1n) is 10.0. The Labute approximate surface area is 190 Å². The van der Waals surface area contributed by atoms with Gasteiger partial charge in [0.2, 0.25) is 10.0 Å². The van der Waals surface area contributed by atoms with Gasteiger partial charge in [-0.2, -0.15) is 0 Å². The van der Waals surface area contributed by atoms with Gasteiger partial charge in [0.15, 0.2) is 17.4 Å². The maximum Gasteiger partial charge on any atom is 0.251 e. The van der Waals surface area contributed by atoms with Crippen LogP contribution in [0.5, 0.6) is 0 Å². The number of carbonyl (C=O) groups excluding carboxylic acids is 2. The van der Waals surface area contributed by atoms with E-state index >= 15 is 0 Å². The van der Waals surface area contributed by atoms with E-state index in [4.69, 9.17) is 0 Å². The van der Waals surface area contributed by atoms with Crippen LogP contribution in [-0.2, 0) is 16.6 Å². The lowest BCUT2D eigenvalue weighted by molar-refractivity contribution is 0.0939. The number of carbonyl (C=O) groups is 2. The molecule has 0 saturated heterocycles. The Kier molecular flexibility index (Phi) is 7.35. The third-order valence-corrected chi connectivity index (χ3v) is 6.46. The van der Waals surface area contributed by atoms with Crippen molar-refractivity contribution in [3.8, 4) is 0 Å².